The molecule has 0 aromatic carbocycles. The fourth-order valence-corrected chi connectivity index (χ4v) is 2.69. The van der Waals surface area contributed by atoms with E-state index >= 15 is 0 Å². The molecule has 0 heterocycles. The molecule has 0 bridgehead atoms. The van der Waals surface area contributed by atoms with Crippen molar-refractivity contribution in [3.63, 3.8) is 0 Å². The van der Waals surface area contributed by atoms with Gasteiger partial charge in [0.15, 0.2) is 0 Å². The number of rotatable bonds is 6. The highest BCUT2D eigenvalue weighted by Gasteiger charge is 2.31. The second-order valence-corrected chi connectivity index (χ2v) is 4.86. The molecule has 1 fully saturated rings. The van der Waals surface area contributed by atoms with Gasteiger partial charge in [0, 0.05) is 13.1 Å². The first-order valence-corrected chi connectivity index (χ1v) is 6.29. The third kappa shape index (κ3) is 3.74. The molecule has 0 amide bonds. The van der Waals surface area contributed by atoms with E-state index < -0.39 is 0 Å². The van der Waals surface area contributed by atoms with E-state index in [1.54, 1.807) is 0 Å². The van der Waals surface area contributed by atoms with Gasteiger partial charge in [0.05, 0.1) is 6.61 Å². The molecule has 15 heavy (non-hydrogen) atoms. The highest BCUT2D eigenvalue weighted by atomic mass is 16.3. The minimum Gasteiger partial charge on any atom is -0.395 e. The summed E-state index contributed by atoms with van der Waals surface area (Å²) in [6.45, 7) is 6.09. The molecule has 1 saturated carbocycles. The third-order valence-electron chi connectivity index (χ3n) is 3.77. The predicted octanol–water partition coefficient (Wildman–Crippen LogP) is 1.21. The van der Waals surface area contributed by atoms with Crippen LogP contribution >= 0.6 is 0 Å². The maximum Gasteiger partial charge on any atom is 0.0558 e. The first-order chi connectivity index (χ1) is 7.26. The van der Waals surface area contributed by atoms with Crippen molar-refractivity contribution in [2.24, 2.45) is 11.1 Å². The average Bonchev–Trinajstić information content (AvgIpc) is 2.30. The maximum atomic E-state index is 8.98. The normalized spacial score (nSPS) is 20.8. The molecular weight excluding hydrogens is 188 g/mol. The summed E-state index contributed by atoms with van der Waals surface area (Å²) in [6.07, 6.45) is 6.56. The number of nitrogens with two attached hydrogens (primary N) is 1. The van der Waals surface area contributed by atoms with E-state index in [1.807, 2.05) is 0 Å². The Hall–Kier alpha value is -0.120. The molecule has 1 aliphatic carbocycles. The molecule has 0 unspecified atom stereocenters. The number of aliphatic hydroxyl groups excluding tert-OH is 1. The number of nitrogens with zero attached hydrogens (tertiary/aromatic N) is 1. The zero-order chi connectivity index (χ0) is 11.1. The van der Waals surface area contributed by atoms with E-state index in [1.165, 1.54) is 32.1 Å². The summed E-state index contributed by atoms with van der Waals surface area (Å²) in [6, 6.07) is 0. The fourth-order valence-electron chi connectivity index (χ4n) is 2.69. The van der Waals surface area contributed by atoms with Gasteiger partial charge in [0.2, 0.25) is 0 Å². The van der Waals surface area contributed by atoms with Crippen molar-refractivity contribution in [1.29, 1.82) is 0 Å². The molecule has 0 aromatic heterocycles. The Kier molecular flexibility index (Phi) is 5.58. The molecule has 90 valence electrons. The molecule has 0 spiro atoms. The van der Waals surface area contributed by atoms with Crippen molar-refractivity contribution >= 4 is 0 Å². The average molecular weight is 214 g/mol. The van der Waals surface area contributed by atoms with E-state index in [2.05, 4.69) is 11.8 Å². The Bertz CT molecular complexity index is 167. The van der Waals surface area contributed by atoms with Gasteiger partial charge in [-0.2, -0.15) is 0 Å². The first kappa shape index (κ1) is 12.9. The van der Waals surface area contributed by atoms with Crippen LogP contribution in [0.15, 0.2) is 0 Å². The number of hydrogen-bond donors (Lipinski definition) is 2. The second kappa shape index (κ2) is 6.46. The van der Waals surface area contributed by atoms with Crippen LogP contribution < -0.4 is 5.73 Å². The third-order valence-corrected chi connectivity index (χ3v) is 3.77. The van der Waals surface area contributed by atoms with Crippen LogP contribution in [0.3, 0.4) is 0 Å². The molecular formula is C12H26N2O. The van der Waals surface area contributed by atoms with Crippen LogP contribution in [-0.2, 0) is 0 Å². The molecule has 3 nitrogen and oxygen atoms in total. The molecule has 0 radical (unpaired) electrons. The summed E-state index contributed by atoms with van der Waals surface area (Å²) in [7, 11) is 0. The summed E-state index contributed by atoms with van der Waals surface area (Å²) in [5.74, 6) is 0. The lowest BCUT2D eigenvalue weighted by molar-refractivity contribution is 0.0998. The Morgan fingerprint density at radius 3 is 2.40 bits per heavy atom. The standard InChI is InChI=1S/C12H26N2O/c1-2-14(8-9-15)11-12(10-13)6-4-3-5-7-12/h15H,2-11,13H2,1H3. The van der Waals surface area contributed by atoms with Gasteiger partial charge in [-0.1, -0.05) is 26.2 Å². The monoisotopic (exact) mass is 214 g/mol. The minimum atomic E-state index is 0.258. The number of likely N-dealkylation sites (N-methyl/N-ethyl adjacent to an activating group) is 1. The van der Waals surface area contributed by atoms with E-state index in [4.69, 9.17) is 10.8 Å². The Labute approximate surface area is 93.6 Å². The van der Waals surface area contributed by atoms with Gasteiger partial charge in [-0.25, -0.2) is 0 Å². The van der Waals surface area contributed by atoms with Crippen LogP contribution in [0.2, 0.25) is 0 Å². The van der Waals surface area contributed by atoms with Crippen molar-refractivity contribution in [2.75, 3.05) is 32.8 Å². The van der Waals surface area contributed by atoms with Crippen molar-refractivity contribution in [1.82, 2.24) is 4.90 Å². The zero-order valence-electron chi connectivity index (χ0n) is 10.0. The second-order valence-electron chi connectivity index (χ2n) is 4.86. The predicted molar refractivity (Wildman–Crippen MR) is 63.8 cm³/mol. The molecule has 1 rings (SSSR count). The lowest BCUT2D eigenvalue weighted by Gasteiger charge is -2.40. The molecule has 1 aliphatic rings. The van der Waals surface area contributed by atoms with E-state index in [0.29, 0.717) is 5.41 Å². The van der Waals surface area contributed by atoms with Crippen molar-refractivity contribution in [3.05, 3.63) is 0 Å². The lowest BCUT2D eigenvalue weighted by atomic mass is 9.73. The van der Waals surface area contributed by atoms with Gasteiger partial charge < -0.3 is 15.7 Å². The van der Waals surface area contributed by atoms with E-state index in [9.17, 15) is 0 Å². The molecule has 3 heteroatoms. The molecule has 3 N–H and O–H groups in total. The number of aliphatic hydroxyl groups is 1. The Balaban J connectivity index is 2.49. The first-order valence-electron chi connectivity index (χ1n) is 6.29. The molecule has 0 saturated heterocycles. The number of hydrogen-bond acceptors (Lipinski definition) is 3. The summed E-state index contributed by atoms with van der Waals surface area (Å²) >= 11 is 0. The highest BCUT2D eigenvalue weighted by Crippen LogP contribution is 2.35. The molecule has 0 aromatic rings. The van der Waals surface area contributed by atoms with Crippen LogP contribution in [0.1, 0.15) is 39.0 Å². The van der Waals surface area contributed by atoms with Crippen molar-refractivity contribution in [3.8, 4) is 0 Å². The van der Waals surface area contributed by atoms with Crippen LogP contribution in [-0.4, -0.2) is 42.8 Å². The summed E-state index contributed by atoms with van der Waals surface area (Å²) < 4.78 is 0. The van der Waals surface area contributed by atoms with Crippen LogP contribution in [0.25, 0.3) is 0 Å². The van der Waals surface area contributed by atoms with E-state index in [0.717, 1.165) is 26.2 Å². The molecule has 0 atom stereocenters. The SMILES string of the molecule is CCN(CCO)CC1(CN)CCCCC1. The maximum absolute atomic E-state index is 8.98. The topological polar surface area (TPSA) is 49.5 Å². The minimum absolute atomic E-state index is 0.258. The van der Waals surface area contributed by atoms with Gasteiger partial charge in [-0.05, 0) is 31.3 Å². The summed E-state index contributed by atoms with van der Waals surface area (Å²) in [4.78, 5) is 2.33. The quantitative estimate of drug-likeness (QED) is 0.699. The van der Waals surface area contributed by atoms with Crippen LogP contribution in [0, 0.1) is 5.41 Å². The van der Waals surface area contributed by atoms with Crippen LogP contribution in [0.4, 0.5) is 0 Å². The summed E-state index contributed by atoms with van der Waals surface area (Å²) in [5.41, 5.74) is 6.28. The molecule has 0 aliphatic heterocycles. The Morgan fingerprint density at radius 2 is 1.93 bits per heavy atom. The summed E-state index contributed by atoms with van der Waals surface area (Å²) in [5, 5.41) is 8.98. The van der Waals surface area contributed by atoms with Gasteiger partial charge in [-0.3, -0.25) is 0 Å². The van der Waals surface area contributed by atoms with Gasteiger partial charge in [-0.15, -0.1) is 0 Å². The van der Waals surface area contributed by atoms with Gasteiger partial charge >= 0.3 is 0 Å². The van der Waals surface area contributed by atoms with Crippen molar-refractivity contribution in [2.45, 2.75) is 39.0 Å². The highest BCUT2D eigenvalue weighted by molar-refractivity contribution is 4.86. The van der Waals surface area contributed by atoms with Gasteiger partial charge in [0.25, 0.3) is 0 Å². The zero-order valence-corrected chi connectivity index (χ0v) is 10.0. The largest absolute Gasteiger partial charge is 0.395 e. The van der Waals surface area contributed by atoms with Crippen molar-refractivity contribution < 1.29 is 5.11 Å². The van der Waals surface area contributed by atoms with Crippen LogP contribution in [0.5, 0.6) is 0 Å². The Morgan fingerprint density at radius 1 is 1.27 bits per heavy atom. The smallest absolute Gasteiger partial charge is 0.0558 e. The lowest BCUT2D eigenvalue weighted by Crippen LogP contribution is -2.44. The fraction of sp³-hybridized carbons (Fsp3) is 1.00. The van der Waals surface area contributed by atoms with E-state index in [-0.39, 0.29) is 6.61 Å². The van der Waals surface area contributed by atoms with Gasteiger partial charge in [0.1, 0.15) is 0 Å².